The summed E-state index contributed by atoms with van der Waals surface area (Å²) in [5, 5.41) is 23.4. The van der Waals surface area contributed by atoms with Gasteiger partial charge in [0.1, 0.15) is 23.1 Å². The van der Waals surface area contributed by atoms with Crippen molar-refractivity contribution in [1.82, 2.24) is 5.32 Å². The summed E-state index contributed by atoms with van der Waals surface area (Å²) in [7, 11) is 0. The van der Waals surface area contributed by atoms with Crippen LogP contribution in [-0.4, -0.2) is 10.8 Å². The predicted octanol–water partition coefficient (Wildman–Crippen LogP) is 11.6. The molecule has 0 saturated heterocycles. The molecular formula is C46H30N2O2. The summed E-state index contributed by atoms with van der Waals surface area (Å²) in [5.74, 6) is 0.296. The number of para-hydroxylation sites is 1. The Morgan fingerprint density at radius 2 is 1.12 bits per heavy atom. The summed E-state index contributed by atoms with van der Waals surface area (Å²) in [4.78, 5) is 5.23. The van der Waals surface area contributed by atoms with Crippen LogP contribution in [0.15, 0.2) is 173 Å². The lowest BCUT2D eigenvalue weighted by Crippen LogP contribution is -2.24. The van der Waals surface area contributed by atoms with Crippen LogP contribution in [0.5, 0.6) is 5.75 Å². The zero-order chi connectivity index (χ0) is 33.2. The van der Waals surface area contributed by atoms with E-state index in [2.05, 4.69) is 133 Å². The molecule has 0 saturated carbocycles. The molecule has 0 fully saturated rings. The second-order valence-corrected chi connectivity index (χ2v) is 12.9. The number of phenolic OH excluding ortho intramolecular Hbond substituents is 1. The molecule has 0 spiro atoms. The van der Waals surface area contributed by atoms with Gasteiger partial charge in [0.25, 0.3) is 0 Å². The highest BCUT2D eigenvalue weighted by Gasteiger charge is 2.21. The minimum absolute atomic E-state index is 0.283. The van der Waals surface area contributed by atoms with Crippen LogP contribution in [0.2, 0.25) is 0 Å². The molecule has 0 amide bonds. The van der Waals surface area contributed by atoms with Crippen molar-refractivity contribution in [2.75, 3.05) is 0 Å². The molecular weight excluding hydrogens is 613 g/mol. The van der Waals surface area contributed by atoms with Crippen molar-refractivity contribution < 1.29 is 9.52 Å². The van der Waals surface area contributed by atoms with Crippen molar-refractivity contribution in [2.24, 2.45) is 4.99 Å². The smallest absolute Gasteiger partial charge is 0.145 e. The number of fused-ring (bicyclic) bond motifs is 9. The molecule has 2 heterocycles. The third kappa shape index (κ3) is 4.57. The monoisotopic (exact) mass is 642 g/mol. The van der Waals surface area contributed by atoms with Crippen molar-refractivity contribution in [2.45, 2.75) is 6.17 Å². The first-order valence-corrected chi connectivity index (χ1v) is 16.9. The second-order valence-electron chi connectivity index (χ2n) is 12.9. The van der Waals surface area contributed by atoms with Crippen LogP contribution in [0, 0.1) is 0 Å². The van der Waals surface area contributed by atoms with E-state index in [0.29, 0.717) is 5.75 Å². The SMILES string of the molecule is Oc1cccc2c3ccccc3c3ccc(-c4ccc(C5N=C(c6ccc7c(c6)oc6ccccc67)C=C(c6ccccc6)N5)cc4)cc3c12. The summed E-state index contributed by atoms with van der Waals surface area (Å²) < 4.78 is 6.23. The van der Waals surface area contributed by atoms with Crippen molar-refractivity contribution >= 4 is 65.7 Å². The maximum absolute atomic E-state index is 11.0. The van der Waals surface area contributed by atoms with Gasteiger partial charge < -0.3 is 14.8 Å². The number of hydrogen-bond acceptors (Lipinski definition) is 4. The third-order valence-corrected chi connectivity index (χ3v) is 10.00. The van der Waals surface area contributed by atoms with Gasteiger partial charge in [0.2, 0.25) is 0 Å². The number of hydrogen-bond donors (Lipinski definition) is 2. The molecule has 50 heavy (non-hydrogen) atoms. The molecule has 2 N–H and O–H groups in total. The molecule has 4 heteroatoms. The number of phenols is 1. The summed E-state index contributed by atoms with van der Waals surface area (Å²) >= 11 is 0. The minimum Gasteiger partial charge on any atom is -0.507 e. The zero-order valence-corrected chi connectivity index (χ0v) is 27.0. The van der Waals surface area contributed by atoms with Crippen LogP contribution in [0.4, 0.5) is 0 Å². The Kier molecular flexibility index (Phi) is 6.36. The van der Waals surface area contributed by atoms with Crippen LogP contribution >= 0.6 is 0 Å². The average Bonchev–Trinajstić information content (AvgIpc) is 3.56. The van der Waals surface area contributed by atoms with Gasteiger partial charge in [-0.1, -0.05) is 127 Å². The quantitative estimate of drug-likeness (QED) is 0.188. The number of allylic oxidation sites excluding steroid dienone is 1. The van der Waals surface area contributed by atoms with E-state index >= 15 is 0 Å². The maximum atomic E-state index is 11.0. The van der Waals surface area contributed by atoms with Crippen LogP contribution in [0.3, 0.4) is 0 Å². The predicted molar refractivity (Wildman–Crippen MR) is 207 cm³/mol. The normalized spacial score (nSPS) is 14.7. The van der Waals surface area contributed by atoms with E-state index in [9.17, 15) is 5.11 Å². The first-order chi connectivity index (χ1) is 24.7. The van der Waals surface area contributed by atoms with Gasteiger partial charge in [-0.15, -0.1) is 0 Å². The summed E-state index contributed by atoms with van der Waals surface area (Å²) in [6.45, 7) is 0. The van der Waals surface area contributed by atoms with Gasteiger partial charge in [0.15, 0.2) is 0 Å². The molecule has 1 unspecified atom stereocenters. The van der Waals surface area contributed by atoms with E-state index in [1.165, 1.54) is 5.39 Å². The van der Waals surface area contributed by atoms with E-state index in [4.69, 9.17) is 9.41 Å². The van der Waals surface area contributed by atoms with Crippen molar-refractivity contribution in [1.29, 1.82) is 0 Å². The Morgan fingerprint density at radius 3 is 1.96 bits per heavy atom. The highest BCUT2D eigenvalue weighted by Crippen LogP contribution is 2.41. The minimum atomic E-state index is -0.283. The fourth-order valence-electron chi connectivity index (χ4n) is 7.54. The van der Waals surface area contributed by atoms with E-state index in [0.717, 1.165) is 88.1 Å². The second kappa shape index (κ2) is 11.2. The highest BCUT2D eigenvalue weighted by atomic mass is 16.3. The molecule has 1 aliphatic heterocycles. The van der Waals surface area contributed by atoms with E-state index in [-0.39, 0.29) is 6.17 Å². The lowest BCUT2D eigenvalue weighted by Gasteiger charge is -2.25. The van der Waals surface area contributed by atoms with Crippen molar-refractivity contribution in [3.8, 4) is 16.9 Å². The van der Waals surface area contributed by atoms with Crippen molar-refractivity contribution in [3.63, 3.8) is 0 Å². The molecule has 10 rings (SSSR count). The number of nitrogens with one attached hydrogen (secondary N) is 1. The number of nitrogens with zero attached hydrogens (tertiary/aromatic N) is 1. The van der Waals surface area contributed by atoms with Gasteiger partial charge in [-0.2, -0.15) is 0 Å². The first-order valence-electron chi connectivity index (χ1n) is 16.9. The summed E-state index contributed by atoms with van der Waals surface area (Å²) in [6.07, 6.45) is 1.84. The fourth-order valence-corrected chi connectivity index (χ4v) is 7.54. The molecule has 0 aliphatic carbocycles. The Bertz CT molecular complexity index is 2850. The molecule has 0 radical (unpaired) electrons. The Labute approximate surface area is 288 Å². The van der Waals surface area contributed by atoms with Gasteiger partial charge in [0.05, 0.1) is 5.71 Å². The van der Waals surface area contributed by atoms with Crippen LogP contribution in [-0.2, 0) is 0 Å². The van der Waals surface area contributed by atoms with E-state index < -0.39 is 0 Å². The number of aliphatic imine (C=N–C) groups is 1. The fraction of sp³-hybridized carbons (Fsp3) is 0.0217. The van der Waals surface area contributed by atoms with E-state index in [1.54, 1.807) is 6.07 Å². The molecule has 236 valence electrons. The van der Waals surface area contributed by atoms with E-state index in [1.807, 2.05) is 30.3 Å². The van der Waals surface area contributed by atoms with Gasteiger partial charge >= 0.3 is 0 Å². The molecule has 1 aromatic heterocycles. The lowest BCUT2D eigenvalue weighted by molar-refractivity contribution is 0.482. The largest absolute Gasteiger partial charge is 0.507 e. The Hall–Kier alpha value is -6.65. The molecule has 1 atom stereocenters. The number of aromatic hydroxyl groups is 1. The van der Waals surface area contributed by atoms with Gasteiger partial charge in [0, 0.05) is 27.4 Å². The average molecular weight is 643 g/mol. The maximum Gasteiger partial charge on any atom is 0.145 e. The zero-order valence-electron chi connectivity index (χ0n) is 27.0. The molecule has 8 aromatic carbocycles. The Morgan fingerprint density at radius 1 is 0.480 bits per heavy atom. The standard InChI is InChI=1S/C46H30N2O2/c49-42-15-8-14-38-34-12-5-4-11-33(34)35-23-21-31(25-39(35)45(38)42)28-17-19-30(20-18-28)46-47-40(29-9-2-1-3-10-29)27-41(48-46)32-22-24-37-36-13-6-7-16-43(36)50-44(37)26-32/h1-27,46-47,49H. The van der Waals surface area contributed by atoms with Crippen molar-refractivity contribution in [3.05, 3.63) is 180 Å². The first kappa shape index (κ1) is 28.4. The molecule has 4 nitrogen and oxygen atoms in total. The Balaban J connectivity index is 1.05. The van der Waals surface area contributed by atoms with Crippen LogP contribution in [0.25, 0.3) is 71.1 Å². The number of benzene rings is 8. The summed E-state index contributed by atoms with van der Waals surface area (Å²) in [6, 6.07) is 54.3. The number of furan rings is 1. The van der Waals surface area contributed by atoms with Gasteiger partial charge in [-0.25, -0.2) is 0 Å². The number of rotatable bonds is 4. The van der Waals surface area contributed by atoms with Gasteiger partial charge in [-0.3, -0.25) is 4.99 Å². The van der Waals surface area contributed by atoms with Crippen LogP contribution < -0.4 is 5.32 Å². The lowest BCUT2D eigenvalue weighted by atomic mass is 9.91. The van der Waals surface area contributed by atoms with Crippen LogP contribution in [0.1, 0.15) is 22.9 Å². The van der Waals surface area contributed by atoms with Gasteiger partial charge in [-0.05, 0) is 85.6 Å². The molecule has 0 bridgehead atoms. The summed E-state index contributed by atoms with van der Waals surface area (Å²) in [5.41, 5.74) is 9.01. The third-order valence-electron chi connectivity index (χ3n) is 10.00. The molecule has 9 aromatic rings. The molecule has 1 aliphatic rings. The topological polar surface area (TPSA) is 57.8 Å². The highest BCUT2D eigenvalue weighted by molar-refractivity contribution is 6.27.